The third-order valence-electron chi connectivity index (χ3n) is 3.02. The van der Waals surface area contributed by atoms with E-state index >= 15 is 0 Å². The molecule has 2 N–H and O–H groups in total. The minimum absolute atomic E-state index is 0.105. The molecule has 1 aromatic carbocycles. The normalized spacial score (nSPS) is 10.6. The van der Waals surface area contributed by atoms with Gasteiger partial charge in [0.2, 0.25) is 0 Å². The van der Waals surface area contributed by atoms with Crippen molar-refractivity contribution in [1.29, 1.82) is 0 Å². The van der Waals surface area contributed by atoms with Crippen LogP contribution in [0.5, 0.6) is 0 Å². The van der Waals surface area contributed by atoms with E-state index in [9.17, 15) is 9.59 Å². The molecule has 0 aliphatic carbocycles. The first kappa shape index (κ1) is 15.2. The number of amides is 1. The third kappa shape index (κ3) is 3.88. The van der Waals surface area contributed by atoms with Crippen LogP contribution < -0.4 is 5.32 Å². The highest BCUT2D eigenvalue weighted by atomic mass is 32.1. The topological polar surface area (TPSA) is 79.3 Å². The number of thiazole rings is 1. The van der Waals surface area contributed by atoms with Gasteiger partial charge in [-0.25, -0.2) is 9.78 Å². The molecule has 0 aliphatic rings. The van der Waals surface area contributed by atoms with Gasteiger partial charge in [0.05, 0.1) is 0 Å². The lowest BCUT2D eigenvalue weighted by Crippen LogP contribution is -2.22. The van der Waals surface area contributed by atoms with Crippen LogP contribution in [0.4, 0.5) is 0 Å². The van der Waals surface area contributed by atoms with Gasteiger partial charge < -0.3 is 10.4 Å². The lowest BCUT2D eigenvalue weighted by molar-refractivity contribution is 0.0691. The zero-order chi connectivity index (χ0) is 15.4. The predicted octanol–water partition coefficient (Wildman–Crippen LogP) is 2.89. The van der Waals surface area contributed by atoms with Crippen LogP contribution in [0, 0.1) is 0 Å². The van der Waals surface area contributed by atoms with Crippen LogP contribution in [-0.2, 0) is 6.54 Å². The molecule has 0 atom stereocenters. The Bertz CT molecular complexity index is 647. The molecule has 0 saturated carbocycles. The molecule has 6 heteroatoms. The first-order valence-electron chi connectivity index (χ1n) is 6.53. The lowest BCUT2D eigenvalue weighted by Gasteiger charge is -2.07. The van der Waals surface area contributed by atoms with E-state index in [1.54, 1.807) is 0 Å². The molecule has 0 spiro atoms. The van der Waals surface area contributed by atoms with E-state index in [0.29, 0.717) is 12.5 Å². The second-order valence-corrected chi connectivity index (χ2v) is 5.78. The number of benzene rings is 1. The van der Waals surface area contributed by atoms with Gasteiger partial charge in [0.25, 0.3) is 5.91 Å². The van der Waals surface area contributed by atoms with E-state index in [-0.39, 0.29) is 16.6 Å². The van der Waals surface area contributed by atoms with Crippen molar-refractivity contribution in [2.45, 2.75) is 26.3 Å². The van der Waals surface area contributed by atoms with Crippen LogP contribution >= 0.6 is 11.3 Å². The van der Waals surface area contributed by atoms with E-state index in [1.807, 2.05) is 24.3 Å². The highest BCUT2D eigenvalue weighted by molar-refractivity contribution is 7.11. The van der Waals surface area contributed by atoms with E-state index in [4.69, 9.17) is 5.11 Å². The summed E-state index contributed by atoms with van der Waals surface area (Å²) in [4.78, 5) is 26.4. The number of nitrogens with zero attached hydrogens (tertiary/aromatic N) is 1. The second kappa shape index (κ2) is 6.49. The summed E-state index contributed by atoms with van der Waals surface area (Å²) in [5, 5.41) is 13.0. The summed E-state index contributed by atoms with van der Waals surface area (Å²) in [7, 11) is 0. The Hall–Kier alpha value is -2.21. The minimum Gasteiger partial charge on any atom is -0.476 e. The van der Waals surface area contributed by atoms with Crippen molar-refractivity contribution >= 4 is 23.2 Å². The van der Waals surface area contributed by atoms with E-state index in [0.717, 1.165) is 16.9 Å². The molecule has 21 heavy (non-hydrogen) atoms. The molecule has 0 unspecified atom stereocenters. The summed E-state index contributed by atoms with van der Waals surface area (Å²) in [5.41, 5.74) is 2.13. The standard InChI is InChI=1S/C15H16N2O3S/c1-9(2)11-5-3-10(4-6-11)7-16-13(18)14-17-12(8-21-14)15(19)20/h3-6,8-9H,7H2,1-2H3,(H,16,18)(H,19,20). The molecule has 0 radical (unpaired) electrons. The van der Waals surface area contributed by atoms with Crippen molar-refractivity contribution in [2.75, 3.05) is 0 Å². The summed E-state index contributed by atoms with van der Waals surface area (Å²) in [6.45, 7) is 4.64. The Morgan fingerprint density at radius 3 is 2.48 bits per heavy atom. The molecule has 0 fully saturated rings. The summed E-state index contributed by atoms with van der Waals surface area (Å²) in [6.07, 6.45) is 0. The first-order valence-corrected chi connectivity index (χ1v) is 7.41. The van der Waals surface area contributed by atoms with Crippen LogP contribution in [0.15, 0.2) is 29.6 Å². The van der Waals surface area contributed by atoms with E-state index in [2.05, 4.69) is 24.1 Å². The average Bonchev–Trinajstić information content (AvgIpc) is 2.95. The molecule has 1 aromatic heterocycles. The van der Waals surface area contributed by atoms with Crippen molar-refractivity contribution < 1.29 is 14.7 Å². The Morgan fingerprint density at radius 1 is 1.29 bits per heavy atom. The Labute approximate surface area is 126 Å². The van der Waals surface area contributed by atoms with Gasteiger partial charge in [0, 0.05) is 11.9 Å². The number of rotatable bonds is 5. The molecule has 110 valence electrons. The van der Waals surface area contributed by atoms with Crippen LogP contribution in [-0.4, -0.2) is 22.0 Å². The third-order valence-corrected chi connectivity index (χ3v) is 3.86. The van der Waals surface area contributed by atoms with Crippen molar-refractivity contribution in [1.82, 2.24) is 10.3 Å². The maximum absolute atomic E-state index is 11.9. The summed E-state index contributed by atoms with van der Waals surface area (Å²) in [6, 6.07) is 8.02. The van der Waals surface area contributed by atoms with Gasteiger partial charge in [0.15, 0.2) is 10.7 Å². The van der Waals surface area contributed by atoms with E-state index in [1.165, 1.54) is 10.9 Å². The van der Waals surface area contributed by atoms with Crippen molar-refractivity contribution in [3.63, 3.8) is 0 Å². The first-order chi connectivity index (χ1) is 9.97. The smallest absolute Gasteiger partial charge is 0.355 e. The van der Waals surface area contributed by atoms with Crippen molar-refractivity contribution in [2.24, 2.45) is 0 Å². The minimum atomic E-state index is -1.13. The van der Waals surface area contributed by atoms with Gasteiger partial charge in [0.1, 0.15) is 0 Å². The Kier molecular flexibility index (Phi) is 4.70. The van der Waals surface area contributed by atoms with Crippen LogP contribution in [0.25, 0.3) is 0 Å². The number of hydrogen-bond acceptors (Lipinski definition) is 4. The number of carbonyl (C=O) groups is 2. The zero-order valence-electron chi connectivity index (χ0n) is 11.8. The number of carbonyl (C=O) groups excluding carboxylic acids is 1. The van der Waals surface area contributed by atoms with Crippen molar-refractivity contribution in [3.05, 3.63) is 51.5 Å². The molecule has 5 nitrogen and oxygen atoms in total. The molecule has 2 rings (SSSR count). The predicted molar refractivity (Wildman–Crippen MR) is 80.8 cm³/mol. The SMILES string of the molecule is CC(C)c1ccc(CNC(=O)c2nc(C(=O)O)cs2)cc1. The van der Waals surface area contributed by atoms with Crippen molar-refractivity contribution in [3.8, 4) is 0 Å². The van der Waals surface area contributed by atoms with Crippen LogP contribution in [0.3, 0.4) is 0 Å². The van der Waals surface area contributed by atoms with Gasteiger partial charge in [-0.3, -0.25) is 4.79 Å². The second-order valence-electron chi connectivity index (χ2n) is 4.92. The number of aromatic nitrogens is 1. The highest BCUT2D eigenvalue weighted by Gasteiger charge is 2.14. The molecular weight excluding hydrogens is 288 g/mol. The summed E-state index contributed by atoms with van der Waals surface area (Å²) >= 11 is 1.02. The zero-order valence-corrected chi connectivity index (χ0v) is 12.6. The molecular formula is C15H16N2O3S. The fraction of sp³-hybridized carbons (Fsp3) is 0.267. The Balaban J connectivity index is 1.95. The fourth-order valence-corrected chi connectivity index (χ4v) is 2.46. The lowest BCUT2D eigenvalue weighted by atomic mass is 10.0. The number of carboxylic acid groups (broad SMARTS) is 1. The molecule has 0 bridgehead atoms. The maximum atomic E-state index is 11.9. The Morgan fingerprint density at radius 2 is 1.95 bits per heavy atom. The van der Waals surface area contributed by atoms with Gasteiger partial charge in [-0.1, -0.05) is 38.1 Å². The monoisotopic (exact) mass is 304 g/mol. The number of hydrogen-bond donors (Lipinski definition) is 2. The van der Waals surface area contributed by atoms with Gasteiger partial charge in [-0.2, -0.15) is 0 Å². The van der Waals surface area contributed by atoms with Crippen LogP contribution in [0.2, 0.25) is 0 Å². The highest BCUT2D eigenvalue weighted by Crippen LogP contribution is 2.15. The largest absolute Gasteiger partial charge is 0.476 e. The molecule has 0 aliphatic heterocycles. The number of nitrogens with one attached hydrogen (secondary N) is 1. The van der Waals surface area contributed by atoms with Gasteiger partial charge >= 0.3 is 5.97 Å². The quantitative estimate of drug-likeness (QED) is 0.890. The molecule has 1 heterocycles. The molecule has 0 saturated heterocycles. The van der Waals surface area contributed by atoms with Gasteiger partial charge in [-0.15, -0.1) is 11.3 Å². The van der Waals surface area contributed by atoms with Gasteiger partial charge in [-0.05, 0) is 17.0 Å². The molecule has 1 amide bonds. The maximum Gasteiger partial charge on any atom is 0.355 e. The van der Waals surface area contributed by atoms with Crippen LogP contribution in [0.1, 0.15) is 51.2 Å². The summed E-state index contributed by atoms with van der Waals surface area (Å²) in [5.74, 6) is -1.02. The number of aromatic carboxylic acids is 1. The fourth-order valence-electron chi connectivity index (χ4n) is 1.75. The molecule has 2 aromatic rings. The van der Waals surface area contributed by atoms with E-state index < -0.39 is 5.97 Å². The average molecular weight is 304 g/mol. The summed E-state index contributed by atoms with van der Waals surface area (Å²) < 4.78 is 0. The number of carboxylic acids is 1.